The van der Waals surface area contributed by atoms with Crippen molar-refractivity contribution in [3.8, 4) is 0 Å². The van der Waals surface area contributed by atoms with Crippen molar-refractivity contribution in [3.05, 3.63) is 35.1 Å². The maximum absolute atomic E-state index is 13.2. The third kappa shape index (κ3) is 2.28. The van der Waals surface area contributed by atoms with Crippen LogP contribution in [0.15, 0.2) is 18.2 Å². The number of rotatable bonds is 3. The van der Waals surface area contributed by atoms with E-state index in [9.17, 15) is 4.39 Å². The fourth-order valence-corrected chi connectivity index (χ4v) is 1.22. The molecule has 0 amide bonds. The summed E-state index contributed by atoms with van der Waals surface area (Å²) in [7, 11) is 0. The lowest BCUT2D eigenvalue weighted by atomic mass is 10.1. The van der Waals surface area contributed by atoms with Crippen molar-refractivity contribution in [1.82, 2.24) is 0 Å². The second kappa shape index (κ2) is 4.03. The van der Waals surface area contributed by atoms with Crippen LogP contribution in [0.1, 0.15) is 24.5 Å². The first kappa shape index (κ1) is 9.71. The molecule has 0 fully saturated rings. The van der Waals surface area contributed by atoms with Crippen molar-refractivity contribution in [2.45, 2.75) is 19.8 Å². The smallest absolute Gasteiger partial charge is 0.134 e. The van der Waals surface area contributed by atoms with E-state index in [2.05, 4.69) is 0 Å². The molecule has 0 radical (unpaired) electrons. The Morgan fingerprint density at radius 1 is 1.54 bits per heavy atom. The Morgan fingerprint density at radius 3 is 2.69 bits per heavy atom. The van der Waals surface area contributed by atoms with Crippen LogP contribution in [0.5, 0.6) is 0 Å². The molecule has 70 valence electrons. The summed E-state index contributed by atoms with van der Waals surface area (Å²) in [6, 6.07) is 4.81. The van der Waals surface area contributed by atoms with Crippen LogP contribution in [0.2, 0.25) is 0 Å². The minimum Gasteiger partial charge on any atom is -0.384 e. The SMILES string of the molecule is CCCc1ccc(C(=N)N)c(F)c1. The number of halogens is 1. The lowest BCUT2D eigenvalue weighted by molar-refractivity contribution is 0.622. The van der Waals surface area contributed by atoms with Gasteiger partial charge in [-0.1, -0.05) is 19.4 Å². The monoisotopic (exact) mass is 180 g/mol. The van der Waals surface area contributed by atoms with Crippen LogP contribution < -0.4 is 5.73 Å². The van der Waals surface area contributed by atoms with E-state index in [1.165, 1.54) is 6.07 Å². The predicted molar refractivity (Wildman–Crippen MR) is 51.4 cm³/mol. The zero-order valence-corrected chi connectivity index (χ0v) is 7.60. The van der Waals surface area contributed by atoms with Gasteiger partial charge in [0, 0.05) is 0 Å². The van der Waals surface area contributed by atoms with Crippen LogP contribution in [-0.4, -0.2) is 5.84 Å². The van der Waals surface area contributed by atoms with Gasteiger partial charge in [-0.15, -0.1) is 0 Å². The number of benzene rings is 1. The fraction of sp³-hybridized carbons (Fsp3) is 0.300. The molecule has 0 unspecified atom stereocenters. The van der Waals surface area contributed by atoms with Crippen LogP contribution in [0.4, 0.5) is 4.39 Å². The van der Waals surface area contributed by atoms with Crippen molar-refractivity contribution >= 4 is 5.84 Å². The number of hydrogen-bond donors (Lipinski definition) is 2. The summed E-state index contributed by atoms with van der Waals surface area (Å²) in [5.74, 6) is -0.626. The molecule has 0 aliphatic heterocycles. The molecule has 13 heavy (non-hydrogen) atoms. The second-order valence-electron chi connectivity index (χ2n) is 2.98. The standard InChI is InChI=1S/C10H13FN2/c1-2-3-7-4-5-8(10(12)13)9(11)6-7/h4-6H,2-3H2,1H3,(H3,12,13). The highest BCUT2D eigenvalue weighted by atomic mass is 19.1. The Labute approximate surface area is 77.1 Å². The van der Waals surface area contributed by atoms with Crippen LogP contribution in [0.25, 0.3) is 0 Å². The van der Waals surface area contributed by atoms with E-state index in [4.69, 9.17) is 11.1 Å². The van der Waals surface area contributed by atoms with Gasteiger partial charge in [-0.25, -0.2) is 4.39 Å². The summed E-state index contributed by atoms with van der Waals surface area (Å²) in [5.41, 5.74) is 6.31. The molecule has 3 N–H and O–H groups in total. The number of nitrogen functional groups attached to an aromatic ring is 1. The van der Waals surface area contributed by atoms with Crippen molar-refractivity contribution < 1.29 is 4.39 Å². The van der Waals surface area contributed by atoms with Crippen LogP contribution in [0.3, 0.4) is 0 Å². The highest BCUT2D eigenvalue weighted by molar-refractivity contribution is 5.95. The third-order valence-corrected chi connectivity index (χ3v) is 1.86. The first-order valence-corrected chi connectivity index (χ1v) is 4.28. The van der Waals surface area contributed by atoms with Gasteiger partial charge >= 0.3 is 0 Å². The number of amidine groups is 1. The summed E-state index contributed by atoms with van der Waals surface area (Å²) in [6.07, 6.45) is 1.84. The Kier molecular flexibility index (Phi) is 3.01. The highest BCUT2D eigenvalue weighted by Crippen LogP contribution is 2.11. The number of hydrogen-bond acceptors (Lipinski definition) is 1. The topological polar surface area (TPSA) is 49.9 Å². The van der Waals surface area contributed by atoms with Crippen molar-refractivity contribution in [2.24, 2.45) is 5.73 Å². The van der Waals surface area contributed by atoms with Crippen molar-refractivity contribution in [2.75, 3.05) is 0 Å². The van der Waals surface area contributed by atoms with Crippen LogP contribution in [-0.2, 0) is 6.42 Å². The average molecular weight is 180 g/mol. The fourth-order valence-electron chi connectivity index (χ4n) is 1.22. The molecule has 0 bridgehead atoms. The molecule has 2 nitrogen and oxygen atoms in total. The lowest BCUT2D eigenvalue weighted by Gasteiger charge is -2.03. The Hall–Kier alpha value is -1.38. The molecule has 0 aliphatic carbocycles. The van der Waals surface area contributed by atoms with Crippen LogP contribution >= 0.6 is 0 Å². The van der Waals surface area contributed by atoms with Gasteiger partial charge in [-0.3, -0.25) is 5.41 Å². The summed E-state index contributed by atoms with van der Waals surface area (Å²) in [6.45, 7) is 2.04. The lowest BCUT2D eigenvalue weighted by Crippen LogP contribution is -2.13. The van der Waals surface area contributed by atoms with Gasteiger partial charge in [-0.05, 0) is 24.1 Å². The molecule has 0 aliphatic rings. The largest absolute Gasteiger partial charge is 0.384 e. The van der Waals surface area contributed by atoms with Crippen LogP contribution in [0, 0.1) is 11.2 Å². The van der Waals surface area contributed by atoms with E-state index in [1.54, 1.807) is 6.07 Å². The maximum atomic E-state index is 13.2. The first-order valence-electron chi connectivity index (χ1n) is 4.28. The van der Waals surface area contributed by atoms with Crippen molar-refractivity contribution in [3.63, 3.8) is 0 Å². The van der Waals surface area contributed by atoms with Gasteiger partial charge in [0.05, 0.1) is 5.56 Å². The molecule has 0 atom stereocenters. The zero-order valence-electron chi connectivity index (χ0n) is 7.60. The average Bonchev–Trinajstić information content (AvgIpc) is 2.04. The molecule has 1 rings (SSSR count). The van der Waals surface area contributed by atoms with Gasteiger partial charge in [0.25, 0.3) is 0 Å². The van der Waals surface area contributed by atoms with E-state index in [0.717, 1.165) is 18.4 Å². The third-order valence-electron chi connectivity index (χ3n) is 1.86. The quantitative estimate of drug-likeness (QED) is 0.543. The molecule has 1 aromatic carbocycles. The molecule has 0 heterocycles. The highest BCUT2D eigenvalue weighted by Gasteiger charge is 2.04. The molecule has 0 spiro atoms. The minimum absolute atomic E-state index is 0.180. The van der Waals surface area contributed by atoms with Gasteiger partial charge in [0.15, 0.2) is 0 Å². The Morgan fingerprint density at radius 2 is 2.23 bits per heavy atom. The van der Waals surface area contributed by atoms with E-state index in [1.807, 2.05) is 13.0 Å². The van der Waals surface area contributed by atoms with Gasteiger partial charge in [0.1, 0.15) is 11.7 Å². The van der Waals surface area contributed by atoms with Gasteiger partial charge in [-0.2, -0.15) is 0 Å². The van der Waals surface area contributed by atoms with E-state index >= 15 is 0 Å². The molecular weight excluding hydrogens is 167 g/mol. The van der Waals surface area contributed by atoms with E-state index < -0.39 is 5.82 Å². The number of nitrogens with two attached hydrogens (primary N) is 1. The van der Waals surface area contributed by atoms with Crippen molar-refractivity contribution in [1.29, 1.82) is 5.41 Å². The molecule has 1 aromatic rings. The predicted octanol–water partition coefficient (Wildman–Crippen LogP) is 2.06. The Bertz CT molecular complexity index is 321. The normalized spacial score (nSPS) is 10.0. The second-order valence-corrected chi connectivity index (χ2v) is 2.98. The molecule has 0 saturated carbocycles. The van der Waals surface area contributed by atoms with E-state index in [0.29, 0.717) is 0 Å². The minimum atomic E-state index is -0.404. The number of nitrogens with one attached hydrogen (secondary N) is 1. The van der Waals surface area contributed by atoms with E-state index in [-0.39, 0.29) is 11.4 Å². The van der Waals surface area contributed by atoms with Gasteiger partial charge < -0.3 is 5.73 Å². The summed E-state index contributed by atoms with van der Waals surface area (Å²) in [4.78, 5) is 0. The molecule has 0 saturated heterocycles. The summed E-state index contributed by atoms with van der Waals surface area (Å²) >= 11 is 0. The summed E-state index contributed by atoms with van der Waals surface area (Å²) in [5, 5.41) is 7.09. The maximum Gasteiger partial charge on any atom is 0.134 e. The summed E-state index contributed by atoms with van der Waals surface area (Å²) < 4.78 is 13.2. The zero-order chi connectivity index (χ0) is 9.84. The number of aryl methyl sites for hydroxylation is 1. The molecule has 3 heteroatoms. The van der Waals surface area contributed by atoms with Gasteiger partial charge in [0.2, 0.25) is 0 Å². The Balaban J connectivity index is 2.98. The molecular formula is C10H13FN2. The molecule has 0 aromatic heterocycles. The first-order chi connectivity index (χ1) is 6.15.